The van der Waals surface area contributed by atoms with E-state index >= 15 is 0 Å². The van der Waals surface area contributed by atoms with E-state index in [0.717, 1.165) is 24.8 Å². The minimum absolute atomic E-state index is 0.114. The van der Waals surface area contributed by atoms with Gasteiger partial charge >= 0.3 is 5.97 Å². The molecule has 2 fully saturated rings. The Hall–Kier alpha value is -1.38. The normalized spacial score (nSPS) is 40.3. The van der Waals surface area contributed by atoms with Crippen molar-refractivity contribution in [1.29, 1.82) is 0 Å². The van der Waals surface area contributed by atoms with Crippen LogP contribution in [0.3, 0.4) is 0 Å². The minimum Gasteiger partial charge on any atom is -0.454 e. The molecule has 1 heterocycles. The first-order chi connectivity index (χ1) is 9.39. The molecule has 1 saturated heterocycles. The summed E-state index contributed by atoms with van der Waals surface area (Å²) >= 11 is 0. The Morgan fingerprint density at radius 2 is 2.05 bits per heavy atom. The van der Waals surface area contributed by atoms with E-state index in [1.54, 1.807) is 6.08 Å². The van der Waals surface area contributed by atoms with Crippen molar-refractivity contribution >= 4 is 11.8 Å². The summed E-state index contributed by atoms with van der Waals surface area (Å²) in [6.45, 7) is 8.45. The summed E-state index contributed by atoms with van der Waals surface area (Å²) in [5, 5.41) is 0. The maximum Gasteiger partial charge on any atom is 0.306 e. The fraction of sp³-hybridized carbons (Fsp3) is 0.647. The topological polar surface area (TPSA) is 43.4 Å². The number of carbonyl (C=O) groups is 2. The van der Waals surface area contributed by atoms with Crippen molar-refractivity contribution in [3.63, 3.8) is 0 Å². The van der Waals surface area contributed by atoms with Gasteiger partial charge in [-0.2, -0.15) is 0 Å². The summed E-state index contributed by atoms with van der Waals surface area (Å²) in [4.78, 5) is 23.7. The quantitative estimate of drug-likeness (QED) is 0.544. The zero-order chi connectivity index (χ0) is 14.5. The largest absolute Gasteiger partial charge is 0.454 e. The minimum atomic E-state index is -0.557. The Kier molecular flexibility index (Phi) is 2.93. The van der Waals surface area contributed by atoms with Gasteiger partial charge in [0.25, 0.3) is 0 Å². The summed E-state index contributed by atoms with van der Waals surface area (Å²) in [6.07, 6.45) is 6.02. The van der Waals surface area contributed by atoms with Crippen LogP contribution in [0.5, 0.6) is 0 Å². The first-order valence-electron chi connectivity index (χ1n) is 7.50. The van der Waals surface area contributed by atoms with E-state index in [2.05, 4.69) is 20.4 Å². The molecule has 3 aliphatic rings. The predicted molar refractivity (Wildman–Crippen MR) is 76.0 cm³/mol. The molecule has 0 aromatic heterocycles. The summed E-state index contributed by atoms with van der Waals surface area (Å²) < 4.78 is 5.91. The molecule has 0 bridgehead atoms. The lowest BCUT2D eigenvalue weighted by atomic mass is 9.50. The number of carbonyl (C=O) groups excluding carboxylic acids is 2. The molecular weight excluding hydrogens is 252 g/mol. The van der Waals surface area contributed by atoms with E-state index in [9.17, 15) is 9.59 Å². The fourth-order valence-corrected chi connectivity index (χ4v) is 4.68. The third-order valence-electron chi connectivity index (χ3n) is 5.70. The van der Waals surface area contributed by atoms with Crippen molar-refractivity contribution in [3.8, 4) is 0 Å². The van der Waals surface area contributed by atoms with Crippen LogP contribution in [0.2, 0.25) is 0 Å². The van der Waals surface area contributed by atoms with E-state index in [1.807, 2.05) is 0 Å². The highest BCUT2D eigenvalue weighted by atomic mass is 16.6. The number of hydrogen-bond acceptors (Lipinski definition) is 3. The maximum atomic E-state index is 11.9. The molecule has 0 amide bonds. The van der Waals surface area contributed by atoms with Crippen LogP contribution in [0.4, 0.5) is 0 Å². The van der Waals surface area contributed by atoms with Crippen LogP contribution in [0.1, 0.15) is 52.4 Å². The van der Waals surface area contributed by atoms with Crippen LogP contribution in [0.25, 0.3) is 0 Å². The molecule has 1 saturated carbocycles. The standard InChI is InChI=1S/C17H22O3/c1-11(2)14-5-4-12-10-13(18)6-9-17(12)16(14,3)8-7-15(19)20-17/h10,14H,1,4-9H2,2-3H3. The summed E-state index contributed by atoms with van der Waals surface area (Å²) in [7, 11) is 0. The predicted octanol–water partition coefficient (Wildman–Crippen LogP) is 3.34. The van der Waals surface area contributed by atoms with E-state index < -0.39 is 5.60 Å². The van der Waals surface area contributed by atoms with Gasteiger partial charge in [-0.1, -0.05) is 19.1 Å². The molecule has 0 N–H and O–H groups in total. The molecule has 2 aliphatic carbocycles. The highest BCUT2D eigenvalue weighted by Crippen LogP contribution is 2.61. The summed E-state index contributed by atoms with van der Waals surface area (Å²) in [6, 6.07) is 0. The van der Waals surface area contributed by atoms with Gasteiger partial charge in [-0.15, -0.1) is 0 Å². The van der Waals surface area contributed by atoms with Crippen LogP contribution in [-0.2, 0) is 14.3 Å². The van der Waals surface area contributed by atoms with Crippen molar-refractivity contribution in [3.05, 3.63) is 23.8 Å². The maximum absolute atomic E-state index is 11.9. The van der Waals surface area contributed by atoms with Gasteiger partial charge in [0.15, 0.2) is 5.78 Å². The van der Waals surface area contributed by atoms with E-state index in [0.29, 0.717) is 25.2 Å². The molecule has 3 nitrogen and oxygen atoms in total. The lowest BCUT2D eigenvalue weighted by Gasteiger charge is -2.59. The van der Waals surface area contributed by atoms with E-state index in [-0.39, 0.29) is 17.2 Å². The SMILES string of the molecule is C=C(C)C1CCC2=CC(=O)CCC23OC(=O)CCC13C. The van der Waals surface area contributed by atoms with Gasteiger partial charge in [-0.05, 0) is 50.2 Å². The second-order valence-corrected chi connectivity index (χ2v) is 6.79. The molecule has 1 aliphatic heterocycles. The molecule has 3 rings (SSSR count). The third kappa shape index (κ3) is 1.65. The van der Waals surface area contributed by atoms with Crippen LogP contribution < -0.4 is 0 Å². The Labute approximate surface area is 120 Å². The van der Waals surface area contributed by atoms with Crippen molar-refractivity contribution in [2.75, 3.05) is 0 Å². The highest BCUT2D eigenvalue weighted by Gasteiger charge is 2.62. The van der Waals surface area contributed by atoms with Crippen molar-refractivity contribution < 1.29 is 14.3 Å². The molecule has 0 aromatic carbocycles. The molecule has 1 spiro atoms. The van der Waals surface area contributed by atoms with Crippen molar-refractivity contribution in [2.45, 2.75) is 58.0 Å². The smallest absolute Gasteiger partial charge is 0.306 e. The molecule has 0 aromatic rings. The number of rotatable bonds is 1. The number of allylic oxidation sites excluding steroid dienone is 2. The lowest BCUT2D eigenvalue weighted by Crippen LogP contribution is -2.61. The number of esters is 1. The van der Waals surface area contributed by atoms with Gasteiger partial charge in [-0.3, -0.25) is 9.59 Å². The van der Waals surface area contributed by atoms with Gasteiger partial charge in [0.1, 0.15) is 5.60 Å². The van der Waals surface area contributed by atoms with Crippen molar-refractivity contribution in [2.24, 2.45) is 11.3 Å². The van der Waals surface area contributed by atoms with Gasteiger partial charge in [0.05, 0.1) is 0 Å². The molecule has 3 heteroatoms. The summed E-state index contributed by atoms with van der Waals surface area (Å²) in [5.74, 6) is 0.411. The van der Waals surface area contributed by atoms with Crippen LogP contribution >= 0.6 is 0 Å². The number of ketones is 1. The molecular formula is C17H22O3. The second-order valence-electron chi connectivity index (χ2n) is 6.79. The fourth-order valence-electron chi connectivity index (χ4n) is 4.68. The molecule has 20 heavy (non-hydrogen) atoms. The Balaban J connectivity index is 2.14. The Morgan fingerprint density at radius 1 is 1.30 bits per heavy atom. The second kappa shape index (κ2) is 4.31. The van der Waals surface area contributed by atoms with Crippen LogP contribution in [0.15, 0.2) is 23.8 Å². The Morgan fingerprint density at radius 3 is 2.75 bits per heavy atom. The van der Waals surface area contributed by atoms with E-state index in [1.165, 1.54) is 5.57 Å². The zero-order valence-corrected chi connectivity index (χ0v) is 12.3. The average Bonchev–Trinajstić information content (AvgIpc) is 2.38. The van der Waals surface area contributed by atoms with Gasteiger partial charge in [0.2, 0.25) is 0 Å². The lowest BCUT2D eigenvalue weighted by molar-refractivity contribution is -0.197. The third-order valence-corrected chi connectivity index (χ3v) is 5.70. The Bertz CT molecular complexity index is 530. The zero-order valence-electron chi connectivity index (χ0n) is 12.3. The van der Waals surface area contributed by atoms with Crippen LogP contribution in [0, 0.1) is 11.3 Å². The van der Waals surface area contributed by atoms with Crippen molar-refractivity contribution in [1.82, 2.24) is 0 Å². The monoisotopic (exact) mass is 274 g/mol. The first-order valence-corrected chi connectivity index (χ1v) is 7.50. The van der Waals surface area contributed by atoms with Gasteiger partial charge < -0.3 is 4.74 Å². The molecule has 108 valence electrons. The summed E-state index contributed by atoms with van der Waals surface area (Å²) in [5.41, 5.74) is 1.54. The highest BCUT2D eigenvalue weighted by molar-refractivity contribution is 5.92. The van der Waals surface area contributed by atoms with E-state index in [4.69, 9.17) is 4.74 Å². The van der Waals surface area contributed by atoms with Crippen LogP contribution in [-0.4, -0.2) is 17.4 Å². The van der Waals surface area contributed by atoms with Gasteiger partial charge in [-0.25, -0.2) is 0 Å². The molecule has 0 radical (unpaired) electrons. The number of ether oxygens (including phenoxy) is 1. The van der Waals surface area contributed by atoms with Gasteiger partial charge in [0, 0.05) is 18.3 Å². The molecule has 3 atom stereocenters. The number of hydrogen-bond donors (Lipinski definition) is 0. The average molecular weight is 274 g/mol. The molecule has 3 unspecified atom stereocenters. The first kappa shape index (κ1) is 13.6.